The molecular weight excluding hydrogens is 353 g/mol. The highest BCUT2D eigenvalue weighted by atomic mass is 19.1. The van der Waals surface area contributed by atoms with E-state index in [1.54, 1.807) is 12.3 Å². The van der Waals surface area contributed by atoms with Crippen LogP contribution in [0, 0.1) is 12.8 Å². The first-order valence-electron chi connectivity index (χ1n) is 8.40. The number of hydrogen-bond acceptors (Lipinski definition) is 6. The van der Waals surface area contributed by atoms with Crippen molar-refractivity contribution < 1.29 is 18.7 Å². The van der Waals surface area contributed by atoms with E-state index in [0.717, 1.165) is 22.2 Å². The SMILES string of the molecule is COc1ncnc(OC)c1-c1[nH]c2cc(NC(=O)C3CC3F)ncc2c1C. The van der Waals surface area contributed by atoms with E-state index < -0.39 is 12.1 Å². The molecule has 0 spiro atoms. The zero-order valence-electron chi connectivity index (χ0n) is 15.0. The number of hydrogen-bond donors (Lipinski definition) is 2. The van der Waals surface area contributed by atoms with Crippen molar-refractivity contribution in [1.29, 1.82) is 0 Å². The van der Waals surface area contributed by atoms with Crippen molar-refractivity contribution in [3.8, 4) is 23.0 Å². The Morgan fingerprint density at radius 1 is 1.26 bits per heavy atom. The van der Waals surface area contributed by atoms with Crippen LogP contribution in [0.2, 0.25) is 0 Å². The Labute approximate surface area is 154 Å². The third kappa shape index (κ3) is 2.94. The smallest absolute Gasteiger partial charge is 0.231 e. The van der Waals surface area contributed by atoms with Crippen molar-refractivity contribution in [2.45, 2.75) is 19.5 Å². The van der Waals surface area contributed by atoms with Crippen molar-refractivity contribution in [2.24, 2.45) is 5.92 Å². The summed E-state index contributed by atoms with van der Waals surface area (Å²) >= 11 is 0. The fourth-order valence-corrected chi connectivity index (χ4v) is 3.07. The van der Waals surface area contributed by atoms with Crippen molar-refractivity contribution in [1.82, 2.24) is 19.9 Å². The van der Waals surface area contributed by atoms with E-state index in [4.69, 9.17) is 9.47 Å². The maximum Gasteiger partial charge on any atom is 0.231 e. The molecule has 140 valence electrons. The molecule has 3 aromatic rings. The first-order chi connectivity index (χ1) is 13.0. The molecule has 2 atom stereocenters. The first kappa shape index (κ1) is 17.2. The molecule has 4 rings (SSSR count). The number of amides is 1. The van der Waals surface area contributed by atoms with Crippen LogP contribution in [-0.4, -0.2) is 46.2 Å². The number of ether oxygens (including phenoxy) is 2. The number of carbonyl (C=O) groups excluding carboxylic acids is 1. The molecule has 3 heterocycles. The second-order valence-electron chi connectivity index (χ2n) is 6.35. The van der Waals surface area contributed by atoms with Crippen LogP contribution in [0.4, 0.5) is 10.2 Å². The number of carbonyl (C=O) groups is 1. The van der Waals surface area contributed by atoms with Gasteiger partial charge >= 0.3 is 0 Å². The number of methoxy groups -OCH3 is 2. The Morgan fingerprint density at radius 2 is 1.93 bits per heavy atom. The van der Waals surface area contributed by atoms with Crippen LogP contribution in [0.15, 0.2) is 18.6 Å². The minimum Gasteiger partial charge on any atom is -0.480 e. The van der Waals surface area contributed by atoms with Crippen molar-refractivity contribution in [2.75, 3.05) is 19.5 Å². The Balaban J connectivity index is 1.75. The summed E-state index contributed by atoms with van der Waals surface area (Å²) in [6.07, 6.45) is 2.24. The highest BCUT2D eigenvalue weighted by Gasteiger charge is 2.43. The standard InChI is InChI=1S/C18H18FN5O3/c1-8-10-6-20-13(24-16(25)9-4-11(9)19)5-12(10)23-15(8)14-17(26-2)21-7-22-18(14)27-3/h5-7,9,11,23H,4H2,1-3H3,(H,20,24,25). The normalized spacial score (nSPS) is 18.4. The molecular formula is C18H18FN5O3. The lowest BCUT2D eigenvalue weighted by Crippen LogP contribution is -2.15. The van der Waals surface area contributed by atoms with E-state index in [2.05, 4.69) is 25.3 Å². The second kappa shape index (κ2) is 6.49. The van der Waals surface area contributed by atoms with E-state index in [9.17, 15) is 9.18 Å². The molecule has 1 aliphatic carbocycles. The molecule has 2 N–H and O–H groups in total. The number of pyridine rings is 1. The fraction of sp³-hybridized carbons (Fsp3) is 0.333. The largest absolute Gasteiger partial charge is 0.480 e. The third-order valence-electron chi connectivity index (χ3n) is 4.66. The Hall–Kier alpha value is -3.23. The van der Waals surface area contributed by atoms with Gasteiger partial charge in [0.1, 0.15) is 23.9 Å². The number of rotatable bonds is 5. The van der Waals surface area contributed by atoms with Gasteiger partial charge in [-0.1, -0.05) is 0 Å². The molecule has 1 aliphatic rings. The molecule has 2 unspecified atom stereocenters. The van der Waals surface area contributed by atoms with Gasteiger partial charge < -0.3 is 19.8 Å². The second-order valence-corrected chi connectivity index (χ2v) is 6.35. The number of nitrogens with one attached hydrogen (secondary N) is 2. The van der Waals surface area contributed by atoms with Gasteiger partial charge in [-0.25, -0.2) is 19.3 Å². The number of H-pyrrole nitrogens is 1. The molecule has 0 radical (unpaired) electrons. The van der Waals surface area contributed by atoms with Crippen LogP contribution in [0.3, 0.4) is 0 Å². The summed E-state index contributed by atoms with van der Waals surface area (Å²) in [6.45, 7) is 1.93. The predicted octanol–water partition coefficient (Wildman–Crippen LogP) is 2.64. The number of aromatic nitrogens is 4. The molecule has 9 heteroatoms. The number of halogens is 1. The minimum absolute atomic E-state index is 0.271. The Morgan fingerprint density at radius 3 is 2.52 bits per heavy atom. The summed E-state index contributed by atoms with van der Waals surface area (Å²) in [5.41, 5.74) is 3.00. The van der Waals surface area contributed by atoms with Gasteiger partial charge in [-0.3, -0.25) is 4.79 Å². The number of nitrogens with zero attached hydrogens (tertiary/aromatic N) is 3. The maximum atomic E-state index is 13.0. The average molecular weight is 371 g/mol. The van der Waals surface area contributed by atoms with Crippen LogP contribution in [0.25, 0.3) is 22.2 Å². The minimum atomic E-state index is -1.05. The number of aromatic amines is 1. The summed E-state index contributed by atoms with van der Waals surface area (Å²) in [5.74, 6) is 0.195. The van der Waals surface area contributed by atoms with Crippen LogP contribution < -0.4 is 14.8 Å². The van der Waals surface area contributed by atoms with E-state index in [-0.39, 0.29) is 12.3 Å². The molecule has 3 aromatic heterocycles. The molecule has 1 saturated carbocycles. The van der Waals surface area contributed by atoms with Crippen LogP contribution in [0.5, 0.6) is 11.8 Å². The summed E-state index contributed by atoms with van der Waals surface area (Å²) in [4.78, 5) is 27.8. The van der Waals surface area contributed by atoms with E-state index in [0.29, 0.717) is 23.1 Å². The third-order valence-corrected chi connectivity index (χ3v) is 4.66. The fourth-order valence-electron chi connectivity index (χ4n) is 3.07. The molecule has 8 nitrogen and oxygen atoms in total. The van der Waals surface area contributed by atoms with Crippen molar-refractivity contribution in [3.05, 3.63) is 24.2 Å². The lowest BCUT2D eigenvalue weighted by atomic mass is 10.1. The molecule has 1 fully saturated rings. The number of alkyl halides is 1. The summed E-state index contributed by atoms with van der Waals surface area (Å²) in [6, 6.07) is 1.71. The highest BCUT2D eigenvalue weighted by Crippen LogP contribution is 2.39. The van der Waals surface area contributed by atoms with E-state index in [1.165, 1.54) is 20.5 Å². The van der Waals surface area contributed by atoms with Gasteiger partial charge in [0, 0.05) is 17.6 Å². The zero-order chi connectivity index (χ0) is 19.1. The maximum absolute atomic E-state index is 13.0. The molecule has 1 amide bonds. The zero-order valence-corrected chi connectivity index (χ0v) is 15.0. The van der Waals surface area contributed by atoms with Crippen molar-refractivity contribution >= 4 is 22.6 Å². The van der Waals surface area contributed by atoms with Gasteiger partial charge in [-0.15, -0.1) is 0 Å². The number of anilines is 1. The topological polar surface area (TPSA) is 102 Å². The van der Waals surface area contributed by atoms with Gasteiger partial charge in [-0.05, 0) is 18.9 Å². The lowest BCUT2D eigenvalue weighted by Gasteiger charge is -2.10. The van der Waals surface area contributed by atoms with Crippen LogP contribution in [0.1, 0.15) is 12.0 Å². The van der Waals surface area contributed by atoms with E-state index >= 15 is 0 Å². The number of fused-ring (bicyclic) bond motifs is 1. The molecule has 0 saturated heterocycles. The molecule has 0 bridgehead atoms. The lowest BCUT2D eigenvalue weighted by molar-refractivity contribution is -0.117. The molecule has 27 heavy (non-hydrogen) atoms. The molecule has 0 aliphatic heterocycles. The first-order valence-corrected chi connectivity index (χ1v) is 8.40. The van der Waals surface area contributed by atoms with Crippen molar-refractivity contribution in [3.63, 3.8) is 0 Å². The van der Waals surface area contributed by atoms with Crippen LogP contribution in [-0.2, 0) is 4.79 Å². The number of aryl methyl sites for hydroxylation is 1. The van der Waals surface area contributed by atoms with Gasteiger partial charge in [0.25, 0.3) is 0 Å². The summed E-state index contributed by atoms with van der Waals surface area (Å²) < 4.78 is 23.8. The monoisotopic (exact) mass is 371 g/mol. The Kier molecular flexibility index (Phi) is 4.14. The predicted molar refractivity (Wildman–Crippen MR) is 96.6 cm³/mol. The van der Waals surface area contributed by atoms with Gasteiger partial charge in [0.15, 0.2) is 0 Å². The average Bonchev–Trinajstić information content (AvgIpc) is 3.33. The van der Waals surface area contributed by atoms with Gasteiger partial charge in [0.2, 0.25) is 17.7 Å². The Bertz CT molecular complexity index is 1010. The quantitative estimate of drug-likeness (QED) is 0.715. The van der Waals surface area contributed by atoms with E-state index in [1.807, 2.05) is 6.92 Å². The van der Waals surface area contributed by atoms with Gasteiger partial charge in [-0.2, -0.15) is 0 Å². The van der Waals surface area contributed by atoms with Crippen LogP contribution >= 0.6 is 0 Å². The molecule has 0 aromatic carbocycles. The summed E-state index contributed by atoms with van der Waals surface area (Å²) in [7, 11) is 3.04. The summed E-state index contributed by atoms with van der Waals surface area (Å²) in [5, 5.41) is 3.52. The highest BCUT2D eigenvalue weighted by molar-refractivity contribution is 5.97. The van der Waals surface area contributed by atoms with Gasteiger partial charge in [0.05, 0.1) is 31.3 Å².